The van der Waals surface area contributed by atoms with Crippen molar-refractivity contribution < 1.29 is 14.7 Å². The van der Waals surface area contributed by atoms with Crippen LogP contribution in [0.5, 0.6) is 0 Å². The highest BCUT2D eigenvalue weighted by molar-refractivity contribution is 8.26. The fraction of sp³-hybridized carbons (Fsp3) is 0.167. The molecule has 0 atom stereocenters. The summed E-state index contributed by atoms with van der Waals surface area (Å²) in [6, 6.07) is 8.07. The fourth-order valence-corrected chi connectivity index (χ4v) is 3.88. The minimum absolute atomic E-state index is 0.272. The molecule has 0 saturated carbocycles. The Balaban J connectivity index is 1.89. The van der Waals surface area contributed by atoms with Crippen LogP contribution in [0.1, 0.15) is 12.5 Å². The van der Waals surface area contributed by atoms with Crippen molar-refractivity contribution in [2.24, 2.45) is 0 Å². The molecule has 0 radical (unpaired) electrons. The highest BCUT2D eigenvalue weighted by atomic mass is 32.2. The fourth-order valence-electron chi connectivity index (χ4n) is 2.68. The second kappa shape index (κ2) is 7.25. The second-order valence-electron chi connectivity index (χ2n) is 5.42. The standard InChI is InChI=1S/C18H16N2O3S2/c1-2-19-10-9-12(13-5-3-4-6-14(13)19)7-8-15-17(23)20(11-16(21)22)18(24)25-15/h3-10H,2,11H2,1H3,(H,21,22)/b12-7+,15-8-. The zero-order chi connectivity index (χ0) is 18.0. The van der Waals surface area contributed by atoms with Gasteiger partial charge in [-0.2, -0.15) is 0 Å². The lowest BCUT2D eigenvalue weighted by Crippen LogP contribution is -2.33. The Bertz CT molecular complexity index is 842. The van der Waals surface area contributed by atoms with E-state index in [2.05, 4.69) is 17.9 Å². The molecule has 0 aliphatic carbocycles. The summed E-state index contributed by atoms with van der Waals surface area (Å²) in [5.41, 5.74) is 3.19. The first-order valence-electron chi connectivity index (χ1n) is 7.73. The van der Waals surface area contributed by atoms with Crippen LogP contribution < -0.4 is 4.90 Å². The number of hydrogen-bond acceptors (Lipinski definition) is 5. The van der Waals surface area contributed by atoms with Crippen LogP contribution in [-0.4, -0.2) is 39.3 Å². The zero-order valence-corrected chi connectivity index (χ0v) is 15.1. The van der Waals surface area contributed by atoms with Crippen molar-refractivity contribution in [2.75, 3.05) is 18.0 Å². The molecule has 2 heterocycles. The maximum Gasteiger partial charge on any atom is 0.323 e. The summed E-state index contributed by atoms with van der Waals surface area (Å²) in [5.74, 6) is -1.45. The van der Waals surface area contributed by atoms with Crippen LogP contribution in [0.2, 0.25) is 0 Å². The van der Waals surface area contributed by atoms with Crippen molar-refractivity contribution in [1.82, 2.24) is 4.90 Å². The Morgan fingerprint density at radius 2 is 2.08 bits per heavy atom. The van der Waals surface area contributed by atoms with Gasteiger partial charge >= 0.3 is 5.97 Å². The van der Waals surface area contributed by atoms with Gasteiger partial charge in [0.2, 0.25) is 0 Å². The molecule has 1 aromatic carbocycles. The van der Waals surface area contributed by atoms with Gasteiger partial charge in [0, 0.05) is 24.0 Å². The highest BCUT2D eigenvalue weighted by Crippen LogP contribution is 2.34. The molecule has 1 saturated heterocycles. The van der Waals surface area contributed by atoms with Crippen LogP contribution in [0, 0.1) is 0 Å². The van der Waals surface area contributed by atoms with E-state index in [0.29, 0.717) is 4.91 Å². The van der Waals surface area contributed by atoms with Crippen LogP contribution >= 0.6 is 24.0 Å². The van der Waals surface area contributed by atoms with Crippen molar-refractivity contribution in [3.63, 3.8) is 0 Å². The molecule has 0 aromatic heterocycles. The van der Waals surface area contributed by atoms with Gasteiger partial charge in [0.25, 0.3) is 5.91 Å². The number of carbonyl (C=O) groups is 2. The Morgan fingerprint density at radius 1 is 1.32 bits per heavy atom. The second-order valence-corrected chi connectivity index (χ2v) is 7.10. The highest BCUT2D eigenvalue weighted by Gasteiger charge is 2.33. The summed E-state index contributed by atoms with van der Waals surface area (Å²) < 4.78 is 0.272. The predicted octanol–water partition coefficient (Wildman–Crippen LogP) is 3.25. The number of anilines is 1. The van der Waals surface area contributed by atoms with Crippen LogP contribution in [0.25, 0.3) is 5.57 Å². The number of benzene rings is 1. The van der Waals surface area contributed by atoms with Crippen LogP contribution in [0.3, 0.4) is 0 Å². The molecule has 2 aliphatic heterocycles. The monoisotopic (exact) mass is 372 g/mol. The minimum Gasteiger partial charge on any atom is -0.480 e. The van der Waals surface area contributed by atoms with E-state index in [4.69, 9.17) is 17.3 Å². The van der Waals surface area contributed by atoms with E-state index in [0.717, 1.165) is 40.0 Å². The van der Waals surface area contributed by atoms with Gasteiger partial charge in [-0.25, -0.2) is 0 Å². The summed E-state index contributed by atoms with van der Waals surface area (Å²) in [6.07, 6.45) is 7.59. The molecule has 5 nitrogen and oxygen atoms in total. The summed E-state index contributed by atoms with van der Waals surface area (Å²) in [6.45, 7) is 2.55. The number of para-hydroxylation sites is 1. The number of carbonyl (C=O) groups excluding carboxylic acids is 1. The van der Waals surface area contributed by atoms with Gasteiger partial charge in [-0.05, 0) is 30.7 Å². The number of rotatable bonds is 4. The molecule has 2 aliphatic rings. The van der Waals surface area contributed by atoms with Crippen molar-refractivity contribution in [1.29, 1.82) is 0 Å². The van der Waals surface area contributed by atoms with Gasteiger partial charge in [0.15, 0.2) is 0 Å². The van der Waals surface area contributed by atoms with Gasteiger partial charge < -0.3 is 10.0 Å². The largest absolute Gasteiger partial charge is 0.480 e. The number of thioether (sulfide) groups is 1. The molecular weight excluding hydrogens is 356 g/mol. The van der Waals surface area contributed by atoms with Gasteiger partial charge in [0.05, 0.1) is 4.91 Å². The van der Waals surface area contributed by atoms with Crippen molar-refractivity contribution in [3.8, 4) is 0 Å². The number of thiocarbonyl (C=S) groups is 1. The molecule has 25 heavy (non-hydrogen) atoms. The average Bonchev–Trinajstić information content (AvgIpc) is 2.86. The van der Waals surface area contributed by atoms with Gasteiger partial charge in [-0.15, -0.1) is 0 Å². The van der Waals surface area contributed by atoms with E-state index in [9.17, 15) is 9.59 Å². The van der Waals surface area contributed by atoms with Gasteiger partial charge in [0.1, 0.15) is 10.9 Å². The summed E-state index contributed by atoms with van der Waals surface area (Å²) in [4.78, 5) is 26.8. The van der Waals surface area contributed by atoms with Gasteiger partial charge in [-0.1, -0.05) is 48.3 Å². The molecule has 1 fully saturated rings. The predicted molar refractivity (Wildman–Crippen MR) is 104 cm³/mol. The third kappa shape index (κ3) is 3.52. The Kier molecular flexibility index (Phi) is 5.06. The molecule has 0 unspecified atom stereocenters. The number of fused-ring (bicyclic) bond motifs is 1. The first-order valence-corrected chi connectivity index (χ1v) is 8.95. The molecular formula is C18H16N2O3S2. The van der Waals surface area contributed by atoms with E-state index >= 15 is 0 Å². The van der Waals surface area contributed by atoms with Crippen LogP contribution in [-0.2, 0) is 9.59 Å². The Morgan fingerprint density at radius 3 is 2.80 bits per heavy atom. The first-order chi connectivity index (χ1) is 12.0. The lowest BCUT2D eigenvalue weighted by Gasteiger charge is -2.26. The molecule has 1 aromatic rings. The average molecular weight is 372 g/mol. The number of carboxylic acid groups (broad SMARTS) is 1. The van der Waals surface area contributed by atoms with Crippen molar-refractivity contribution in [3.05, 3.63) is 59.2 Å². The Hall–Kier alpha value is -2.38. The number of hydrogen-bond donors (Lipinski definition) is 1. The first kappa shape index (κ1) is 17.4. The van der Waals surface area contributed by atoms with Crippen molar-refractivity contribution >= 4 is 51.4 Å². The smallest absolute Gasteiger partial charge is 0.323 e. The molecule has 0 bridgehead atoms. The summed E-state index contributed by atoms with van der Waals surface area (Å²) in [5, 5.41) is 8.88. The van der Waals surface area contributed by atoms with E-state index in [1.807, 2.05) is 36.6 Å². The third-order valence-electron chi connectivity index (χ3n) is 3.88. The lowest BCUT2D eigenvalue weighted by molar-refractivity contribution is -0.140. The molecule has 128 valence electrons. The molecule has 1 amide bonds. The zero-order valence-electron chi connectivity index (χ0n) is 13.5. The molecule has 1 N–H and O–H groups in total. The lowest BCUT2D eigenvalue weighted by atomic mass is 9.99. The number of carboxylic acids is 1. The normalized spacial score (nSPS) is 19.9. The number of allylic oxidation sites excluding steroid dienone is 4. The van der Waals surface area contributed by atoms with Gasteiger partial charge in [-0.3, -0.25) is 14.5 Å². The minimum atomic E-state index is -1.08. The Labute approximate surface area is 155 Å². The van der Waals surface area contributed by atoms with E-state index < -0.39 is 12.5 Å². The van der Waals surface area contributed by atoms with Crippen molar-refractivity contribution in [2.45, 2.75) is 6.92 Å². The quantitative estimate of drug-likeness (QED) is 0.647. The SMILES string of the molecule is CCN1C=C/C(=C\C=C2/SC(=S)N(CC(=O)O)C2=O)c2ccccc21. The molecule has 3 rings (SSSR count). The van der Waals surface area contributed by atoms with E-state index in [1.54, 1.807) is 6.08 Å². The number of aliphatic carboxylic acids is 1. The summed E-state index contributed by atoms with van der Waals surface area (Å²) >= 11 is 6.23. The third-order valence-corrected chi connectivity index (χ3v) is 5.28. The van der Waals surface area contributed by atoms with Crippen LogP contribution in [0.15, 0.2) is 53.6 Å². The summed E-state index contributed by atoms with van der Waals surface area (Å²) in [7, 11) is 0. The van der Waals surface area contributed by atoms with Crippen LogP contribution in [0.4, 0.5) is 5.69 Å². The molecule has 0 spiro atoms. The van der Waals surface area contributed by atoms with E-state index in [-0.39, 0.29) is 10.2 Å². The maximum atomic E-state index is 12.3. The maximum absolute atomic E-state index is 12.3. The number of amides is 1. The topological polar surface area (TPSA) is 60.9 Å². The number of nitrogens with zero attached hydrogens (tertiary/aromatic N) is 2. The molecule has 7 heteroatoms. The van der Waals surface area contributed by atoms with E-state index in [1.165, 1.54) is 0 Å².